The predicted octanol–water partition coefficient (Wildman–Crippen LogP) is 3.45. The molecule has 0 radical (unpaired) electrons. The Bertz CT molecular complexity index is 727. The van der Waals surface area contributed by atoms with E-state index in [1.165, 1.54) is 25.3 Å². The molecule has 29 heavy (non-hydrogen) atoms. The lowest BCUT2D eigenvalue weighted by Crippen LogP contribution is -2.48. The molecule has 1 saturated heterocycles. The first-order valence-corrected chi connectivity index (χ1v) is 10.9. The third-order valence-corrected chi connectivity index (χ3v) is 6.32. The van der Waals surface area contributed by atoms with E-state index >= 15 is 0 Å². The summed E-state index contributed by atoms with van der Waals surface area (Å²) in [6.07, 6.45) is 6.64. The Labute approximate surface area is 174 Å². The lowest BCUT2D eigenvalue weighted by Gasteiger charge is -2.28. The zero-order chi connectivity index (χ0) is 20.9. The van der Waals surface area contributed by atoms with Crippen molar-refractivity contribution >= 4 is 11.9 Å². The van der Waals surface area contributed by atoms with Crippen LogP contribution in [0.1, 0.15) is 57.9 Å². The summed E-state index contributed by atoms with van der Waals surface area (Å²) in [5.74, 6) is 1.07. The van der Waals surface area contributed by atoms with Crippen molar-refractivity contribution in [3.63, 3.8) is 0 Å². The highest BCUT2D eigenvalue weighted by atomic mass is 19.1. The van der Waals surface area contributed by atoms with Crippen molar-refractivity contribution in [3.8, 4) is 0 Å². The van der Waals surface area contributed by atoms with Gasteiger partial charge in [-0.3, -0.25) is 9.79 Å². The number of amides is 1. The third-order valence-electron chi connectivity index (χ3n) is 6.32. The number of hydrogen-bond donors (Lipinski definition) is 2. The molecule has 3 rings (SSSR count). The summed E-state index contributed by atoms with van der Waals surface area (Å²) in [6.45, 7) is 6.14. The van der Waals surface area contributed by atoms with Gasteiger partial charge in [-0.05, 0) is 30.9 Å². The molecule has 1 heterocycles. The van der Waals surface area contributed by atoms with Crippen LogP contribution < -0.4 is 10.6 Å². The van der Waals surface area contributed by atoms with E-state index in [4.69, 9.17) is 0 Å². The number of nitrogens with one attached hydrogen (secondary N) is 2. The number of rotatable bonds is 5. The van der Waals surface area contributed by atoms with Crippen LogP contribution in [0.15, 0.2) is 29.3 Å². The molecule has 2 N–H and O–H groups in total. The molecule has 1 saturated carbocycles. The Morgan fingerprint density at radius 1 is 1.21 bits per heavy atom. The Morgan fingerprint density at radius 3 is 2.62 bits per heavy atom. The molecule has 0 spiro atoms. The van der Waals surface area contributed by atoms with Crippen molar-refractivity contribution < 1.29 is 9.18 Å². The summed E-state index contributed by atoms with van der Waals surface area (Å²) < 4.78 is 14.2. The molecule has 0 aromatic heterocycles. The smallest absolute Gasteiger partial charge is 0.225 e. The average molecular weight is 403 g/mol. The first-order valence-electron chi connectivity index (χ1n) is 10.9. The Balaban J connectivity index is 1.50. The molecule has 1 aliphatic heterocycles. The molecule has 1 unspecified atom stereocenters. The second-order valence-electron chi connectivity index (χ2n) is 9.04. The van der Waals surface area contributed by atoms with E-state index in [0.717, 1.165) is 32.4 Å². The van der Waals surface area contributed by atoms with Gasteiger partial charge in [-0.2, -0.15) is 0 Å². The van der Waals surface area contributed by atoms with E-state index in [9.17, 15) is 9.18 Å². The molecular formula is C23H35FN4O. The van der Waals surface area contributed by atoms with Crippen molar-refractivity contribution in [2.45, 2.75) is 63.8 Å². The monoisotopic (exact) mass is 402 g/mol. The van der Waals surface area contributed by atoms with Crippen LogP contribution in [0.2, 0.25) is 0 Å². The summed E-state index contributed by atoms with van der Waals surface area (Å²) in [7, 11) is 1.74. The quantitative estimate of drug-likeness (QED) is 0.586. The van der Waals surface area contributed by atoms with Gasteiger partial charge in [0.1, 0.15) is 5.82 Å². The molecule has 1 amide bonds. The van der Waals surface area contributed by atoms with Gasteiger partial charge < -0.3 is 15.5 Å². The van der Waals surface area contributed by atoms with E-state index in [2.05, 4.69) is 15.6 Å². The number of halogens is 1. The minimum Gasteiger partial charge on any atom is -0.356 e. The summed E-state index contributed by atoms with van der Waals surface area (Å²) in [4.78, 5) is 19.1. The highest BCUT2D eigenvalue weighted by Gasteiger charge is 2.32. The van der Waals surface area contributed by atoms with Gasteiger partial charge in [0.15, 0.2) is 5.96 Å². The molecule has 5 nitrogen and oxygen atoms in total. The number of guanidine groups is 1. The van der Waals surface area contributed by atoms with Crippen molar-refractivity contribution in [2.24, 2.45) is 10.9 Å². The second-order valence-corrected chi connectivity index (χ2v) is 9.04. The molecule has 1 atom stereocenters. The molecule has 1 aromatic carbocycles. The van der Waals surface area contributed by atoms with Crippen LogP contribution in [-0.4, -0.2) is 49.5 Å². The summed E-state index contributed by atoms with van der Waals surface area (Å²) in [5, 5.41) is 6.78. The number of carbonyl (C=O) groups excluding carboxylic acids is 1. The molecule has 2 aliphatic rings. The van der Waals surface area contributed by atoms with Gasteiger partial charge in [0.05, 0.1) is 0 Å². The summed E-state index contributed by atoms with van der Waals surface area (Å²) in [6, 6.07) is 7.11. The predicted molar refractivity (Wildman–Crippen MR) is 115 cm³/mol. The molecule has 2 fully saturated rings. The van der Waals surface area contributed by atoms with Crippen LogP contribution in [0.4, 0.5) is 4.39 Å². The Morgan fingerprint density at radius 2 is 1.93 bits per heavy atom. The molecule has 160 valence electrons. The standard InChI is InChI=1S/C23H35FN4O/c1-23(2,19-11-7-8-12-20(19)24)16-26-22(25-3)27-18-13-14-28(15-18)21(29)17-9-5-4-6-10-17/h7-8,11-12,17-18H,4-6,9-10,13-16H2,1-3H3,(H2,25,26,27). The van der Waals surface area contributed by atoms with Gasteiger partial charge in [0.25, 0.3) is 0 Å². The fourth-order valence-corrected chi connectivity index (χ4v) is 4.48. The van der Waals surface area contributed by atoms with Crippen molar-refractivity contribution in [3.05, 3.63) is 35.6 Å². The molecule has 0 bridgehead atoms. The van der Waals surface area contributed by atoms with E-state index < -0.39 is 0 Å². The average Bonchev–Trinajstić information content (AvgIpc) is 3.20. The number of likely N-dealkylation sites (tertiary alicyclic amines) is 1. The van der Waals surface area contributed by atoms with Gasteiger partial charge in [-0.15, -0.1) is 0 Å². The maximum Gasteiger partial charge on any atom is 0.225 e. The lowest BCUT2D eigenvalue weighted by atomic mass is 9.84. The first-order chi connectivity index (χ1) is 13.9. The highest BCUT2D eigenvalue weighted by molar-refractivity contribution is 5.81. The highest BCUT2D eigenvalue weighted by Crippen LogP contribution is 2.27. The topological polar surface area (TPSA) is 56.7 Å². The lowest BCUT2D eigenvalue weighted by molar-refractivity contribution is -0.135. The second kappa shape index (κ2) is 9.59. The maximum atomic E-state index is 14.2. The van der Waals surface area contributed by atoms with Gasteiger partial charge in [0.2, 0.25) is 5.91 Å². The molecule has 6 heteroatoms. The minimum atomic E-state index is -0.373. The van der Waals surface area contributed by atoms with Crippen molar-refractivity contribution in [1.82, 2.24) is 15.5 Å². The van der Waals surface area contributed by atoms with Crippen LogP contribution in [0.25, 0.3) is 0 Å². The van der Waals surface area contributed by atoms with Gasteiger partial charge >= 0.3 is 0 Å². The fraction of sp³-hybridized carbons (Fsp3) is 0.652. The largest absolute Gasteiger partial charge is 0.356 e. The van der Waals surface area contributed by atoms with Crippen LogP contribution in [-0.2, 0) is 10.2 Å². The Kier molecular flexibility index (Phi) is 7.14. The van der Waals surface area contributed by atoms with E-state index in [0.29, 0.717) is 24.0 Å². The van der Waals surface area contributed by atoms with Gasteiger partial charge in [-0.25, -0.2) is 4.39 Å². The minimum absolute atomic E-state index is 0.185. The normalized spacial score (nSPS) is 21.3. The number of hydrogen-bond acceptors (Lipinski definition) is 2. The van der Waals surface area contributed by atoms with Crippen molar-refractivity contribution in [1.29, 1.82) is 0 Å². The van der Waals surface area contributed by atoms with Crippen LogP contribution in [0.3, 0.4) is 0 Å². The van der Waals surface area contributed by atoms with E-state index in [1.54, 1.807) is 13.1 Å². The zero-order valence-electron chi connectivity index (χ0n) is 18.0. The number of nitrogens with zero attached hydrogens (tertiary/aromatic N) is 2. The third kappa shape index (κ3) is 5.49. The Hall–Kier alpha value is -2.11. The van der Waals surface area contributed by atoms with Gasteiger partial charge in [0, 0.05) is 44.1 Å². The van der Waals surface area contributed by atoms with Crippen LogP contribution >= 0.6 is 0 Å². The summed E-state index contributed by atoms with van der Waals surface area (Å²) in [5.41, 5.74) is 0.315. The first kappa shape index (κ1) is 21.6. The number of aliphatic imine (C=N–C) groups is 1. The number of carbonyl (C=O) groups is 1. The molecule has 1 aliphatic carbocycles. The van der Waals surface area contributed by atoms with E-state index in [1.807, 2.05) is 30.9 Å². The maximum absolute atomic E-state index is 14.2. The van der Waals surface area contributed by atoms with Crippen LogP contribution in [0, 0.1) is 11.7 Å². The van der Waals surface area contributed by atoms with Crippen molar-refractivity contribution in [2.75, 3.05) is 26.7 Å². The summed E-state index contributed by atoms with van der Waals surface area (Å²) >= 11 is 0. The van der Waals surface area contributed by atoms with Gasteiger partial charge in [-0.1, -0.05) is 51.3 Å². The SMILES string of the molecule is CN=C(NCC(C)(C)c1ccccc1F)NC1CCN(C(=O)C2CCCCC2)C1. The fourth-order valence-electron chi connectivity index (χ4n) is 4.48. The number of benzene rings is 1. The van der Waals surface area contributed by atoms with Crippen LogP contribution in [0.5, 0.6) is 0 Å². The van der Waals surface area contributed by atoms with E-state index in [-0.39, 0.29) is 23.2 Å². The zero-order valence-corrected chi connectivity index (χ0v) is 18.0. The molecular weight excluding hydrogens is 367 g/mol. The molecule has 1 aromatic rings.